The average molecular weight is 439 g/mol. The number of methoxy groups -OCH3 is 3. The summed E-state index contributed by atoms with van der Waals surface area (Å²) in [4.78, 5) is 30.5. The molecule has 0 radical (unpaired) electrons. The molecule has 2 amide bonds. The molecule has 0 spiro atoms. The van der Waals surface area contributed by atoms with E-state index in [1.54, 1.807) is 44.4 Å². The Morgan fingerprint density at radius 1 is 0.844 bits per heavy atom. The Labute approximate surface area is 188 Å². The second kappa shape index (κ2) is 9.51. The van der Waals surface area contributed by atoms with Gasteiger partial charge in [-0.15, -0.1) is 0 Å². The van der Waals surface area contributed by atoms with E-state index in [0.29, 0.717) is 35.9 Å². The molecule has 0 saturated carbocycles. The lowest BCUT2D eigenvalue weighted by Gasteiger charge is -2.25. The first-order valence-electron chi connectivity index (χ1n) is 11.0. The quantitative estimate of drug-likeness (QED) is 0.693. The zero-order chi connectivity index (χ0) is 22.7. The van der Waals surface area contributed by atoms with Gasteiger partial charge >= 0.3 is 0 Å². The van der Waals surface area contributed by atoms with Crippen LogP contribution in [-0.2, 0) is 4.79 Å². The van der Waals surface area contributed by atoms with E-state index in [-0.39, 0.29) is 23.7 Å². The molecule has 0 aliphatic carbocycles. The maximum Gasteiger partial charge on any atom is 0.254 e. The van der Waals surface area contributed by atoms with Gasteiger partial charge in [0.15, 0.2) is 0 Å². The number of carbonyl (C=O) groups is 2. The van der Waals surface area contributed by atoms with Crippen LogP contribution in [0.15, 0.2) is 42.5 Å². The molecule has 2 saturated heterocycles. The third kappa shape index (κ3) is 4.24. The molecule has 4 rings (SSSR count). The number of nitrogens with zero attached hydrogens (tertiary/aromatic N) is 2. The van der Waals surface area contributed by atoms with Gasteiger partial charge in [0, 0.05) is 43.2 Å². The van der Waals surface area contributed by atoms with Crippen LogP contribution in [0.25, 0.3) is 0 Å². The zero-order valence-electron chi connectivity index (χ0n) is 18.9. The predicted molar refractivity (Wildman–Crippen MR) is 120 cm³/mol. The fraction of sp³-hybridized carbons (Fsp3) is 0.440. The van der Waals surface area contributed by atoms with Crippen molar-refractivity contribution in [1.82, 2.24) is 9.80 Å². The summed E-state index contributed by atoms with van der Waals surface area (Å²) in [7, 11) is 4.82. The summed E-state index contributed by atoms with van der Waals surface area (Å²) in [6.45, 7) is 2.36. The molecule has 0 bridgehead atoms. The summed E-state index contributed by atoms with van der Waals surface area (Å²) in [5.41, 5.74) is 1.44. The fourth-order valence-corrected chi connectivity index (χ4v) is 4.77. The predicted octanol–water partition coefficient (Wildman–Crippen LogP) is 3.19. The average Bonchev–Trinajstić information content (AvgIpc) is 3.53. The topological polar surface area (TPSA) is 68.3 Å². The van der Waals surface area contributed by atoms with Gasteiger partial charge in [0.05, 0.1) is 27.2 Å². The Kier molecular flexibility index (Phi) is 6.53. The second-order valence-corrected chi connectivity index (χ2v) is 8.30. The SMILES string of the molecule is COc1cccc(C(=O)N2C[C@H](C(=O)N3CCCC3)[C@H](c3cc(OC)ccc3OC)C2)c1. The standard InChI is InChI=1S/C25H30N2O5/c1-30-18-8-6-7-17(13-18)24(28)27-15-21(20-14-19(31-2)9-10-23(20)32-3)22(16-27)25(29)26-11-4-5-12-26/h6-10,13-14,21-22H,4-5,11-12,15-16H2,1-3H3/t21-,22-/m0/s1. The Hall–Kier alpha value is -3.22. The minimum absolute atomic E-state index is 0.104. The largest absolute Gasteiger partial charge is 0.497 e. The van der Waals surface area contributed by atoms with Crippen molar-refractivity contribution in [1.29, 1.82) is 0 Å². The molecule has 32 heavy (non-hydrogen) atoms. The highest BCUT2D eigenvalue weighted by atomic mass is 16.5. The fourth-order valence-electron chi connectivity index (χ4n) is 4.77. The molecule has 170 valence electrons. The molecule has 2 aliphatic rings. The highest BCUT2D eigenvalue weighted by Gasteiger charge is 2.43. The molecule has 7 heteroatoms. The molecule has 2 aromatic carbocycles. The summed E-state index contributed by atoms with van der Waals surface area (Å²) >= 11 is 0. The number of benzene rings is 2. The Bertz CT molecular complexity index is 986. The van der Waals surface area contributed by atoms with E-state index in [4.69, 9.17) is 14.2 Å². The number of hydrogen-bond acceptors (Lipinski definition) is 5. The van der Waals surface area contributed by atoms with Crippen molar-refractivity contribution in [3.8, 4) is 17.2 Å². The Balaban J connectivity index is 1.68. The third-order valence-electron chi connectivity index (χ3n) is 6.50. The molecule has 2 fully saturated rings. The number of hydrogen-bond donors (Lipinski definition) is 0. The van der Waals surface area contributed by atoms with Gasteiger partial charge < -0.3 is 24.0 Å². The monoisotopic (exact) mass is 438 g/mol. The molecule has 2 atom stereocenters. The van der Waals surface area contributed by atoms with Crippen molar-refractivity contribution >= 4 is 11.8 Å². The molecule has 0 N–H and O–H groups in total. The van der Waals surface area contributed by atoms with E-state index < -0.39 is 0 Å². The molecule has 2 aliphatic heterocycles. The normalized spacial score (nSPS) is 20.3. The second-order valence-electron chi connectivity index (χ2n) is 8.30. The van der Waals surface area contributed by atoms with Crippen molar-refractivity contribution in [3.05, 3.63) is 53.6 Å². The maximum absolute atomic E-state index is 13.5. The first kappa shape index (κ1) is 22.0. The van der Waals surface area contributed by atoms with Gasteiger partial charge in [-0.25, -0.2) is 0 Å². The lowest BCUT2D eigenvalue weighted by Crippen LogP contribution is -2.37. The first-order valence-corrected chi connectivity index (χ1v) is 11.0. The van der Waals surface area contributed by atoms with Gasteiger partial charge in [-0.1, -0.05) is 6.07 Å². The molecule has 7 nitrogen and oxygen atoms in total. The van der Waals surface area contributed by atoms with E-state index in [0.717, 1.165) is 31.5 Å². The lowest BCUT2D eigenvalue weighted by atomic mass is 9.87. The highest BCUT2D eigenvalue weighted by molar-refractivity contribution is 5.95. The van der Waals surface area contributed by atoms with Crippen LogP contribution in [0.1, 0.15) is 34.7 Å². The number of likely N-dealkylation sites (tertiary alicyclic amines) is 2. The lowest BCUT2D eigenvalue weighted by molar-refractivity contribution is -0.134. The first-order chi connectivity index (χ1) is 15.5. The number of rotatable bonds is 6. The van der Waals surface area contributed by atoms with Crippen LogP contribution < -0.4 is 14.2 Å². The van der Waals surface area contributed by atoms with E-state index in [1.807, 2.05) is 29.2 Å². The minimum Gasteiger partial charge on any atom is -0.497 e. The Morgan fingerprint density at radius 2 is 1.56 bits per heavy atom. The zero-order valence-corrected chi connectivity index (χ0v) is 18.9. The van der Waals surface area contributed by atoms with Crippen LogP contribution in [-0.4, -0.2) is 69.1 Å². The third-order valence-corrected chi connectivity index (χ3v) is 6.50. The van der Waals surface area contributed by atoms with Crippen LogP contribution in [0.3, 0.4) is 0 Å². The van der Waals surface area contributed by atoms with Crippen LogP contribution in [0, 0.1) is 5.92 Å². The van der Waals surface area contributed by atoms with Gasteiger partial charge in [0.25, 0.3) is 5.91 Å². The van der Waals surface area contributed by atoms with E-state index >= 15 is 0 Å². The van der Waals surface area contributed by atoms with E-state index in [2.05, 4.69) is 0 Å². The van der Waals surface area contributed by atoms with Gasteiger partial charge in [-0.2, -0.15) is 0 Å². The van der Waals surface area contributed by atoms with Gasteiger partial charge in [-0.3, -0.25) is 9.59 Å². The van der Waals surface area contributed by atoms with Gasteiger partial charge in [0.1, 0.15) is 17.2 Å². The maximum atomic E-state index is 13.5. The number of carbonyl (C=O) groups excluding carboxylic acids is 2. The summed E-state index contributed by atoms with van der Waals surface area (Å²) < 4.78 is 16.3. The van der Waals surface area contributed by atoms with Crippen LogP contribution in [0.4, 0.5) is 0 Å². The van der Waals surface area contributed by atoms with Crippen molar-refractivity contribution < 1.29 is 23.8 Å². The molecular formula is C25H30N2O5. The number of amides is 2. The van der Waals surface area contributed by atoms with Crippen LogP contribution in [0.2, 0.25) is 0 Å². The smallest absolute Gasteiger partial charge is 0.254 e. The summed E-state index contributed by atoms with van der Waals surface area (Å²) in [5, 5.41) is 0. The van der Waals surface area contributed by atoms with Crippen molar-refractivity contribution in [2.45, 2.75) is 18.8 Å². The molecular weight excluding hydrogens is 408 g/mol. The van der Waals surface area contributed by atoms with E-state index in [1.165, 1.54) is 0 Å². The van der Waals surface area contributed by atoms with Gasteiger partial charge in [-0.05, 0) is 49.2 Å². The van der Waals surface area contributed by atoms with Crippen molar-refractivity contribution in [2.24, 2.45) is 5.92 Å². The Morgan fingerprint density at radius 3 is 2.25 bits per heavy atom. The summed E-state index contributed by atoms with van der Waals surface area (Å²) in [6.07, 6.45) is 2.05. The van der Waals surface area contributed by atoms with E-state index in [9.17, 15) is 9.59 Å². The minimum atomic E-state index is -0.330. The summed E-state index contributed by atoms with van der Waals surface area (Å²) in [6, 6.07) is 12.8. The molecule has 0 aromatic heterocycles. The highest BCUT2D eigenvalue weighted by Crippen LogP contribution is 2.41. The molecule has 0 unspecified atom stereocenters. The van der Waals surface area contributed by atoms with Crippen LogP contribution in [0.5, 0.6) is 17.2 Å². The van der Waals surface area contributed by atoms with Gasteiger partial charge in [0.2, 0.25) is 5.91 Å². The molecule has 2 heterocycles. The van der Waals surface area contributed by atoms with Crippen LogP contribution >= 0.6 is 0 Å². The molecule has 2 aromatic rings. The summed E-state index contributed by atoms with van der Waals surface area (Å²) in [5.74, 6) is 1.53. The van der Waals surface area contributed by atoms with Crippen molar-refractivity contribution in [2.75, 3.05) is 47.5 Å². The van der Waals surface area contributed by atoms with Crippen molar-refractivity contribution in [3.63, 3.8) is 0 Å². The number of ether oxygens (including phenoxy) is 3.